The fourth-order valence-electron chi connectivity index (χ4n) is 6.60. The maximum absolute atomic E-state index is 13.4. The first-order valence-electron chi connectivity index (χ1n) is 15.0. The zero-order valence-corrected chi connectivity index (χ0v) is 24.8. The zero-order valence-electron chi connectivity index (χ0n) is 24.0. The van der Waals surface area contributed by atoms with Crippen molar-refractivity contribution in [3.05, 3.63) is 54.1 Å². The minimum absolute atomic E-state index is 0.0468. The van der Waals surface area contributed by atoms with E-state index in [1.807, 2.05) is 52.9 Å². The third-order valence-electron chi connectivity index (χ3n) is 9.22. The molecular weight excluding hydrogens is 554 g/mol. The second kappa shape index (κ2) is 11.8. The lowest BCUT2D eigenvalue weighted by Crippen LogP contribution is -2.52. The highest BCUT2D eigenvalue weighted by atomic mass is 32.2. The van der Waals surface area contributed by atoms with E-state index in [0.717, 1.165) is 27.7 Å². The molecule has 3 aromatic rings. The number of amides is 1. The molecule has 1 unspecified atom stereocenters. The second-order valence-corrected chi connectivity index (χ2v) is 13.8. The number of nitrogens with one attached hydrogen (secondary N) is 1. The van der Waals surface area contributed by atoms with Gasteiger partial charge in [-0.15, -0.1) is 0 Å². The van der Waals surface area contributed by atoms with E-state index < -0.39 is 16.0 Å². The van der Waals surface area contributed by atoms with E-state index in [2.05, 4.69) is 4.72 Å². The molecule has 0 radical (unpaired) electrons. The van der Waals surface area contributed by atoms with Crippen LogP contribution in [0.5, 0.6) is 0 Å². The van der Waals surface area contributed by atoms with Crippen molar-refractivity contribution in [1.82, 2.24) is 14.2 Å². The highest BCUT2D eigenvalue weighted by Crippen LogP contribution is 2.38. The molecule has 10 heteroatoms. The van der Waals surface area contributed by atoms with Crippen molar-refractivity contribution in [2.45, 2.75) is 68.3 Å². The van der Waals surface area contributed by atoms with Crippen molar-refractivity contribution in [1.29, 1.82) is 0 Å². The number of hydrogen-bond acceptors (Lipinski definition) is 5. The number of hydrogen-bond donors (Lipinski definition) is 2. The fourth-order valence-corrected chi connectivity index (χ4v) is 7.92. The van der Waals surface area contributed by atoms with Gasteiger partial charge in [-0.3, -0.25) is 9.59 Å². The Morgan fingerprint density at radius 3 is 2.43 bits per heavy atom. The van der Waals surface area contributed by atoms with Crippen molar-refractivity contribution < 1.29 is 27.9 Å². The Balaban J connectivity index is 1.10. The van der Waals surface area contributed by atoms with Crippen LogP contribution in [0, 0.1) is 11.8 Å². The summed E-state index contributed by atoms with van der Waals surface area (Å²) < 4.78 is 37.4. The van der Waals surface area contributed by atoms with Crippen LogP contribution in [0.1, 0.15) is 50.5 Å². The fraction of sp³-hybridized carbons (Fsp3) is 0.500. The van der Waals surface area contributed by atoms with Crippen LogP contribution in [0.2, 0.25) is 0 Å². The van der Waals surface area contributed by atoms with Crippen molar-refractivity contribution in [3.63, 3.8) is 0 Å². The summed E-state index contributed by atoms with van der Waals surface area (Å²) in [5, 5.41) is 9.87. The van der Waals surface area contributed by atoms with Crippen LogP contribution in [0.15, 0.2) is 53.4 Å². The summed E-state index contributed by atoms with van der Waals surface area (Å²) in [6, 6.07) is 15.1. The lowest BCUT2D eigenvalue weighted by Gasteiger charge is -2.39. The Hall–Kier alpha value is -3.21. The Bertz CT molecular complexity index is 1570. The lowest BCUT2D eigenvalue weighted by atomic mass is 9.85. The molecule has 42 heavy (non-hydrogen) atoms. The average molecular weight is 594 g/mol. The maximum atomic E-state index is 13.4. The first-order valence-corrected chi connectivity index (χ1v) is 16.5. The minimum Gasteiger partial charge on any atom is -0.481 e. The number of carbonyl (C=O) groups is 2. The highest BCUT2D eigenvalue weighted by molar-refractivity contribution is 7.89. The molecule has 3 fully saturated rings. The quantitative estimate of drug-likeness (QED) is 0.381. The molecule has 2 saturated carbocycles. The molecule has 2 aliphatic carbocycles. The van der Waals surface area contributed by atoms with Crippen molar-refractivity contribution in [2.75, 3.05) is 19.8 Å². The number of aryl methyl sites for hydroxylation is 2. The number of aliphatic carboxylic acids is 1. The number of nitrogens with zero attached hydrogens (tertiary/aromatic N) is 2. The molecule has 3 aliphatic rings. The molecule has 1 amide bonds. The molecule has 1 aliphatic heterocycles. The van der Waals surface area contributed by atoms with Gasteiger partial charge in [-0.2, -0.15) is 0 Å². The van der Waals surface area contributed by atoms with Gasteiger partial charge in [0.25, 0.3) is 0 Å². The van der Waals surface area contributed by atoms with Crippen LogP contribution >= 0.6 is 0 Å². The smallest absolute Gasteiger partial charge is 0.303 e. The van der Waals surface area contributed by atoms with Gasteiger partial charge in [-0.05, 0) is 80.2 Å². The van der Waals surface area contributed by atoms with Gasteiger partial charge in [-0.25, -0.2) is 13.1 Å². The number of carboxylic acid groups (broad SMARTS) is 1. The molecule has 2 N–H and O–H groups in total. The monoisotopic (exact) mass is 593 g/mol. The van der Waals surface area contributed by atoms with E-state index in [-0.39, 0.29) is 35.2 Å². The first-order chi connectivity index (χ1) is 20.2. The number of carboxylic acids is 1. The van der Waals surface area contributed by atoms with E-state index in [0.29, 0.717) is 57.8 Å². The number of sulfonamides is 1. The molecule has 2 heterocycles. The van der Waals surface area contributed by atoms with Crippen LogP contribution in [0.25, 0.3) is 22.2 Å². The summed E-state index contributed by atoms with van der Waals surface area (Å²) >= 11 is 0. The predicted octanol–water partition coefficient (Wildman–Crippen LogP) is 4.34. The summed E-state index contributed by atoms with van der Waals surface area (Å²) in [6.07, 6.45) is 5.59. The van der Waals surface area contributed by atoms with E-state index >= 15 is 0 Å². The second-order valence-electron chi connectivity index (χ2n) is 12.1. The molecule has 224 valence electrons. The molecule has 2 aromatic carbocycles. The van der Waals surface area contributed by atoms with E-state index in [9.17, 15) is 18.0 Å². The number of rotatable bonds is 9. The van der Waals surface area contributed by atoms with Crippen LogP contribution < -0.4 is 4.72 Å². The summed E-state index contributed by atoms with van der Waals surface area (Å²) in [5.41, 5.74) is 3.70. The minimum atomic E-state index is -3.74. The maximum Gasteiger partial charge on any atom is 0.303 e. The SMILES string of the molecule is Cn1c(-c2ccc(CCC(=O)O)cc2)cc2ccc(S(=O)(=O)NC3CCC(C(=O)N4CCOCC4C4CC4)CC3)cc21. The van der Waals surface area contributed by atoms with Gasteiger partial charge in [-0.1, -0.05) is 30.3 Å². The van der Waals surface area contributed by atoms with Crippen LogP contribution in [-0.4, -0.2) is 66.7 Å². The van der Waals surface area contributed by atoms with Gasteiger partial charge in [0.1, 0.15) is 0 Å². The van der Waals surface area contributed by atoms with Crippen molar-refractivity contribution in [3.8, 4) is 11.3 Å². The summed E-state index contributed by atoms with van der Waals surface area (Å²) in [4.78, 5) is 26.5. The van der Waals surface area contributed by atoms with Crippen molar-refractivity contribution >= 4 is 32.8 Å². The summed E-state index contributed by atoms with van der Waals surface area (Å²) in [7, 11) is -1.82. The Morgan fingerprint density at radius 1 is 1.00 bits per heavy atom. The predicted molar refractivity (Wildman–Crippen MR) is 159 cm³/mol. The van der Waals surface area contributed by atoms with Gasteiger partial charge in [0.15, 0.2) is 0 Å². The van der Waals surface area contributed by atoms with E-state index in [1.165, 1.54) is 12.8 Å². The molecule has 1 atom stereocenters. The van der Waals surface area contributed by atoms with E-state index in [4.69, 9.17) is 9.84 Å². The first kappa shape index (κ1) is 28.9. The van der Waals surface area contributed by atoms with Gasteiger partial charge in [0, 0.05) is 48.6 Å². The van der Waals surface area contributed by atoms with Crippen molar-refractivity contribution in [2.24, 2.45) is 18.9 Å². The average Bonchev–Trinajstić information content (AvgIpc) is 3.79. The molecule has 0 spiro atoms. The topological polar surface area (TPSA) is 118 Å². The lowest BCUT2D eigenvalue weighted by molar-refractivity contribution is -0.146. The number of aromatic nitrogens is 1. The summed E-state index contributed by atoms with van der Waals surface area (Å²) in [5.74, 6) is -0.0710. The van der Waals surface area contributed by atoms with E-state index in [1.54, 1.807) is 12.1 Å². The Kier molecular flexibility index (Phi) is 8.13. The number of benzene rings is 2. The molecule has 6 rings (SSSR count). The van der Waals surface area contributed by atoms with Gasteiger partial charge in [0.05, 0.1) is 24.2 Å². The van der Waals surface area contributed by atoms with Crippen LogP contribution in [-0.2, 0) is 37.8 Å². The standard InChI is InChI=1S/C32H39N3O6S/c1-34-28(22-5-2-21(3-6-22)4-15-31(36)37)18-25-11-14-27(19-29(25)34)42(39,40)33-26-12-9-24(10-13-26)32(38)35-16-17-41-20-30(35)23-7-8-23/h2-3,5-6,11,14,18-19,23-24,26,30,33H,4,7-10,12-13,15-17,20H2,1H3,(H,36,37). The molecule has 0 bridgehead atoms. The number of ether oxygens (including phenoxy) is 1. The normalized spacial score (nSPS) is 23.3. The molecule has 1 aromatic heterocycles. The molecule has 1 saturated heterocycles. The van der Waals surface area contributed by atoms with Crippen LogP contribution in [0.3, 0.4) is 0 Å². The number of carbonyl (C=O) groups excluding carboxylic acids is 1. The highest BCUT2D eigenvalue weighted by Gasteiger charge is 2.41. The third-order valence-corrected chi connectivity index (χ3v) is 10.7. The Labute approximate surface area is 246 Å². The van der Waals surface area contributed by atoms with Gasteiger partial charge < -0.3 is 19.3 Å². The van der Waals surface area contributed by atoms with Gasteiger partial charge in [0.2, 0.25) is 15.9 Å². The number of fused-ring (bicyclic) bond motifs is 1. The third kappa shape index (κ3) is 6.11. The zero-order chi connectivity index (χ0) is 29.4. The van der Waals surface area contributed by atoms with Crippen LogP contribution in [0.4, 0.5) is 0 Å². The Morgan fingerprint density at radius 2 is 1.74 bits per heavy atom. The largest absolute Gasteiger partial charge is 0.481 e. The number of morpholine rings is 1. The molecule has 9 nitrogen and oxygen atoms in total. The summed E-state index contributed by atoms with van der Waals surface area (Å²) in [6.45, 7) is 1.89. The molecular formula is C32H39N3O6S. The van der Waals surface area contributed by atoms with Gasteiger partial charge >= 0.3 is 5.97 Å².